The molecule has 0 saturated carbocycles. The third-order valence-corrected chi connectivity index (χ3v) is 6.08. The van der Waals surface area contributed by atoms with E-state index in [4.69, 9.17) is 24.3 Å². The maximum atomic E-state index is 12.6. The Bertz CT molecular complexity index is 881. The molecule has 2 bridgehead atoms. The summed E-state index contributed by atoms with van der Waals surface area (Å²) in [5, 5.41) is 0. The number of nitrogen functional groups attached to an aromatic ring is 1. The molecule has 0 aliphatic carbocycles. The number of hydrogen-bond donors (Lipinski definition) is 2. The van der Waals surface area contributed by atoms with Gasteiger partial charge < -0.3 is 20.1 Å². The molecule has 1 aromatic rings. The van der Waals surface area contributed by atoms with E-state index in [0.717, 1.165) is 0 Å². The lowest BCUT2D eigenvalue weighted by Gasteiger charge is -2.33. The van der Waals surface area contributed by atoms with Crippen molar-refractivity contribution in [3.8, 4) is 0 Å². The highest BCUT2D eigenvalue weighted by atomic mass is 31.2. The molecule has 10 nitrogen and oxygen atoms in total. The van der Waals surface area contributed by atoms with Gasteiger partial charge in [0.25, 0.3) is 0 Å². The lowest BCUT2D eigenvalue weighted by molar-refractivity contribution is -0.180. The van der Waals surface area contributed by atoms with Crippen molar-refractivity contribution in [1.29, 1.82) is 0 Å². The molecule has 2 fully saturated rings. The molecule has 2 aliphatic rings. The van der Waals surface area contributed by atoms with E-state index in [1.165, 1.54) is 4.57 Å². The average molecular weight is 431 g/mol. The van der Waals surface area contributed by atoms with Gasteiger partial charge in [0.1, 0.15) is 23.6 Å². The number of nitrogens with two attached hydrogens (primary N) is 1. The molecule has 0 aromatic carbocycles. The van der Waals surface area contributed by atoms with Crippen molar-refractivity contribution < 1.29 is 28.0 Å². The van der Waals surface area contributed by atoms with E-state index in [1.807, 2.05) is 13.8 Å². The first kappa shape index (κ1) is 22.4. The second-order valence-electron chi connectivity index (χ2n) is 9.14. The van der Waals surface area contributed by atoms with Crippen LogP contribution in [-0.2, 0) is 23.1 Å². The Morgan fingerprint density at radius 1 is 1.48 bits per heavy atom. The lowest BCUT2D eigenvalue weighted by Crippen LogP contribution is -2.43. The predicted octanol–water partition coefficient (Wildman–Crippen LogP) is 2.15. The van der Waals surface area contributed by atoms with Crippen LogP contribution >= 0.6 is 7.82 Å². The van der Waals surface area contributed by atoms with E-state index in [-0.39, 0.29) is 18.3 Å². The molecule has 5 atom stereocenters. The van der Waals surface area contributed by atoms with Gasteiger partial charge in [-0.2, -0.15) is 4.98 Å². The van der Waals surface area contributed by atoms with Gasteiger partial charge in [0, 0.05) is 11.8 Å². The molecular formula is C18H30N3O7P. The van der Waals surface area contributed by atoms with Gasteiger partial charge in [-0.3, -0.25) is 13.6 Å². The largest absolute Gasteiger partial charge is 0.473 e. The van der Waals surface area contributed by atoms with Gasteiger partial charge in [-0.1, -0.05) is 13.8 Å². The Hall–Kier alpha value is -1.29. The van der Waals surface area contributed by atoms with Crippen LogP contribution in [0.15, 0.2) is 11.0 Å². The number of aryl methyl sites for hydroxylation is 1. The van der Waals surface area contributed by atoms with Crippen LogP contribution in [0.3, 0.4) is 0 Å². The minimum absolute atomic E-state index is 0.137. The quantitative estimate of drug-likeness (QED) is 0.649. The zero-order valence-electron chi connectivity index (χ0n) is 17.6. The molecule has 29 heavy (non-hydrogen) atoms. The van der Waals surface area contributed by atoms with Crippen LogP contribution in [0.5, 0.6) is 0 Å². The SMILES string of the molecule is Cc1cn([C@@H]2O[C@@]3(CC(C)C)COC2C3OP(=O)(O)OC(C)(C)C)c(=O)nc1N. The first-order chi connectivity index (χ1) is 13.2. The summed E-state index contributed by atoms with van der Waals surface area (Å²) in [5.74, 6) is 0.324. The van der Waals surface area contributed by atoms with Gasteiger partial charge in [-0.05, 0) is 40.0 Å². The van der Waals surface area contributed by atoms with Gasteiger partial charge >= 0.3 is 13.5 Å². The zero-order chi connectivity index (χ0) is 21.8. The second kappa shape index (κ2) is 7.44. The van der Waals surface area contributed by atoms with Crippen LogP contribution in [-0.4, -0.2) is 44.5 Å². The van der Waals surface area contributed by atoms with Gasteiger partial charge in [-0.25, -0.2) is 9.36 Å². The molecule has 2 aliphatic heterocycles. The maximum Gasteiger partial charge on any atom is 0.473 e. The van der Waals surface area contributed by atoms with Crippen molar-refractivity contribution in [1.82, 2.24) is 9.55 Å². The zero-order valence-corrected chi connectivity index (χ0v) is 18.5. The highest BCUT2D eigenvalue weighted by Crippen LogP contribution is 2.57. The summed E-state index contributed by atoms with van der Waals surface area (Å²) >= 11 is 0. The van der Waals surface area contributed by atoms with E-state index in [1.54, 1.807) is 33.9 Å². The molecule has 0 amide bonds. The number of rotatable bonds is 6. The summed E-state index contributed by atoms with van der Waals surface area (Å²) in [4.78, 5) is 26.6. The third-order valence-electron chi connectivity index (χ3n) is 4.81. The monoisotopic (exact) mass is 431 g/mol. The molecule has 3 heterocycles. The Labute approximate surface area is 169 Å². The number of hydrogen-bond acceptors (Lipinski definition) is 8. The van der Waals surface area contributed by atoms with Crippen LogP contribution < -0.4 is 11.4 Å². The number of phosphoric ester groups is 1. The van der Waals surface area contributed by atoms with Crippen LogP contribution in [0.2, 0.25) is 0 Å². The Morgan fingerprint density at radius 2 is 2.14 bits per heavy atom. The fraction of sp³-hybridized carbons (Fsp3) is 0.778. The van der Waals surface area contributed by atoms with Crippen LogP contribution in [0.4, 0.5) is 5.82 Å². The average Bonchev–Trinajstić information content (AvgIpc) is 2.98. The Balaban J connectivity index is 1.97. The van der Waals surface area contributed by atoms with Crippen molar-refractivity contribution in [3.05, 3.63) is 22.2 Å². The van der Waals surface area contributed by atoms with Crippen LogP contribution in [0.25, 0.3) is 0 Å². The molecule has 3 unspecified atom stereocenters. The number of aromatic nitrogens is 2. The van der Waals surface area contributed by atoms with Gasteiger partial charge in [0.15, 0.2) is 6.23 Å². The number of ether oxygens (including phenoxy) is 2. The molecule has 3 N–H and O–H groups in total. The molecule has 2 saturated heterocycles. The first-order valence-electron chi connectivity index (χ1n) is 9.60. The number of anilines is 1. The van der Waals surface area contributed by atoms with E-state index in [9.17, 15) is 14.3 Å². The summed E-state index contributed by atoms with van der Waals surface area (Å²) in [6.45, 7) is 10.9. The molecule has 0 radical (unpaired) electrons. The number of phosphoric acid groups is 1. The fourth-order valence-corrected chi connectivity index (χ4v) is 5.24. The van der Waals surface area contributed by atoms with Crippen molar-refractivity contribution in [3.63, 3.8) is 0 Å². The first-order valence-corrected chi connectivity index (χ1v) is 11.1. The van der Waals surface area contributed by atoms with E-state index in [2.05, 4.69) is 4.98 Å². The third kappa shape index (κ3) is 4.57. The molecule has 0 spiro atoms. The van der Waals surface area contributed by atoms with E-state index >= 15 is 0 Å². The summed E-state index contributed by atoms with van der Waals surface area (Å²) in [6, 6.07) is 0. The standard InChI is InChI=1S/C18H30N3O7P/c1-10(2)7-18-9-25-12(13(18)27-29(23,24)28-17(4,5)6)15(26-18)21-8-11(3)14(19)20-16(21)22/h8,10,12-13,15H,7,9H2,1-6H3,(H,23,24)(H2,19,20,22)/t12?,13?,15-,18+/m1/s1. The topological polar surface area (TPSA) is 135 Å². The minimum Gasteiger partial charge on any atom is -0.383 e. The normalized spacial score (nSPS) is 31.4. The van der Waals surface area contributed by atoms with Gasteiger partial charge in [-0.15, -0.1) is 0 Å². The smallest absolute Gasteiger partial charge is 0.383 e. The summed E-state index contributed by atoms with van der Waals surface area (Å²) in [5.41, 5.74) is 3.86. The van der Waals surface area contributed by atoms with Crippen LogP contribution in [0, 0.1) is 12.8 Å². The highest BCUT2D eigenvalue weighted by molar-refractivity contribution is 7.47. The predicted molar refractivity (Wildman–Crippen MR) is 105 cm³/mol. The number of nitrogens with zero attached hydrogens (tertiary/aromatic N) is 2. The highest BCUT2D eigenvalue weighted by Gasteiger charge is 2.64. The van der Waals surface area contributed by atoms with Crippen molar-refractivity contribution in [2.75, 3.05) is 12.3 Å². The van der Waals surface area contributed by atoms with E-state index < -0.39 is 43.2 Å². The maximum absolute atomic E-state index is 12.6. The minimum atomic E-state index is -4.41. The summed E-state index contributed by atoms with van der Waals surface area (Å²) in [6.07, 6.45) is -0.473. The van der Waals surface area contributed by atoms with Gasteiger partial charge in [0.05, 0.1) is 12.2 Å². The molecule has 164 valence electrons. The number of fused-ring (bicyclic) bond motifs is 2. The summed E-state index contributed by atoms with van der Waals surface area (Å²) < 4.78 is 36.9. The molecule has 1 aromatic heterocycles. The van der Waals surface area contributed by atoms with Crippen LogP contribution in [0.1, 0.15) is 52.8 Å². The Morgan fingerprint density at radius 3 is 2.72 bits per heavy atom. The Kier molecular flexibility index (Phi) is 5.75. The molecule has 3 rings (SSSR count). The van der Waals surface area contributed by atoms with Crippen molar-refractivity contribution in [2.45, 2.75) is 77.6 Å². The molecule has 11 heteroatoms. The fourth-order valence-electron chi connectivity index (χ4n) is 3.90. The molecular weight excluding hydrogens is 401 g/mol. The van der Waals surface area contributed by atoms with Crippen molar-refractivity contribution in [2.24, 2.45) is 5.92 Å². The van der Waals surface area contributed by atoms with Gasteiger partial charge in [0.2, 0.25) is 0 Å². The second-order valence-corrected chi connectivity index (χ2v) is 10.5. The van der Waals surface area contributed by atoms with E-state index in [0.29, 0.717) is 12.0 Å². The summed E-state index contributed by atoms with van der Waals surface area (Å²) in [7, 11) is -4.41. The lowest BCUT2D eigenvalue weighted by atomic mass is 9.89. The van der Waals surface area contributed by atoms with Crippen molar-refractivity contribution >= 4 is 13.6 Å².